The van der Waals surface area contributed by atoms with E-state index in [4.69, 9.17) is 13.9 Å². The van der Waals surface area contributed by atoms with Gasteiger partial charge >= 0.3 is 6.01 Å². The van der Waals surface area contributed by atoms with Gasteiger partial charge in [0, 0.05) is 12.1 Å². The highest BCUT2D eigenvalue weighted by Crippen LogP contribution is 2.34. The van der Waals surface area contributed by atoms with E-state index >= 15 is 0 Å². The van der Waals surface area contributed by atoms with Crippen molar-refractivity contribution in [3.8, 4) is 23.0 Å². The van der Waals surface area contributed by atoms with Gasteiger partial charge in [0.05, 0.1) is 6.26 Å². The van der Waals surface area contributed by atoms with Crippen LogP contribution in [0.25, 0.3) is 11.5 Å². The molecule has 0 saturated carbocycles. The lowest BCUT2D eigenvalue weighted by atomic mass is 10.0. The van der Waals surface area contributed by atoms with Crippen molar-refractivity contribution >= 4 is 21.9 Å². The number of nitrogens with one attached hydrogen (secondary N) is 1. The van der Waals surface area contributed by atoms with Crippen molar-refractivity contribution in [3.05, 3.63) is 18.2 Å². The Morgan fingerprint density at radius 1 is 1.18 bits per heavy atom. The summed E-state index contributed by atoms with van der Waals surface area (Å²) in [5, 5.41) is 10.3. The van der Waals surface area contributed by atoms with Crippen molar-refractivity contribution in [1.82, 2.24) is 14.5 Å². The number of piperidine rings is 1. The van der Waals surface area contributed by atoms with E-state index < -0.39 is 22.0 Å². The van der Waals surface area contributed by atoms with Crippen molar-refractivity contribution in [3.63, 3.8) is 0 Å². The molecule has 0 spiro atoms. The molecular weight excluding hydrogens is 388 g/mol. The standard InChI is InChI=1S/C17H20N4O6S/c1-28(23,24)21-7-3-2-4-12(21)15(22)18-17-20-19-16(27-17)11-5-6-13-14(10-11)26-9-8-25-13/h5-6,10,12H,2-4,7-9H2,1H3,(H,18,20,22). The van der Waals surface area contributed by atoms with E-state index in [-0.39, 0.29) is 11.9 Å². The highest BCUT2D eigenvalue weighted by Gasteiger charge is 2.35. The minimum atomic E-state index is -3.48. The normalized spacial score (nSPS) is 20.0. The Kier molecular flexibility index (Phi) is 4.94. The number of benzene rings is 1. The zero-order valence-electron chi connectivity index (χ0n) is 15.3. The van der Waals surface area contributed by atoms with Crippen molar-refractivity contribution < 1.29 is 27.1 Å². The molecule has 10 nitrogen and oxygen atoms in total. The van der Waals surface area contributed by atoms with Gasteiger partial charge in [-0.2, -0.15) is 4.31 Å². The van der Waals surface area contributed by atoms with E-state index in [1.165, 1.54) is 4.31 Å². The van der Waals surface area contributed by atoms with Gasteiger partial charge in [-0.05, 0) is 31.0 Å². The summed E-state index contributed by atoms with van der Waals surface area (Å²) in [6.07, 6.45) is 3.05. The fraction of sp³-hybridized carbons (Fsp3) is 0.471. The van der Waals surface area contributed by atoms with Crippen LogP contribution in [0.3, 0.4) is 0 Å². The minimum Gasteiger partial charge on any atom is -0.486 e. The van der Waals surface area contributed by atoms with Gasteiger partial charge in [0.2, 0.25) is 21.8 Å². The van der Waals surface area contributed by atoms with Crippen LogP contribution >= 0.6 is 0 Å². The summed E-state index contributed by atoms with van der Waals surface area (Å²) < 4.78 is 41.6. The fourth-order valence-electron chi connectivity index (χ4n) is 3.32. The van der Waals surface area contributed by atoms with Gasteiger partial charge in [-0.1, -0.05) is 11.5 Å². The number of anilines is 1. The fourth-order valence-corrected chi connectivity index (χ4v) is 4.44. The summed E-state index contributed by atoms with van der Waals surface area (Å²) in [7, 11) is -3.48. The molecule has 1 aromatic carbocycles. The zero-order valence-corrected chi connectivity index (χ0v) is 16.1. The van der Waals surface area contributed by atoms with Crippen LogP contribution in [-0.4, -0.2) is 60.9 Å². The number of hydrogen-bond donors (Lipinski definition) is 1. The van der Waals surface area contributed by atoms with Crippen LogP contribution in [-0.2, 0) is 14.8 Å². The minimum absolute atomic E-state index is 0.0890. The molecule has 2 aliphatic rings. The maximum atomic E-state index is 12.6. The Morgan fingerprint density at radius 3 is 2.75 bits per heavy atom. The summed E-state index contributed by atoms with van der Waals surface area (Å²) in [5.74, 6) is 0.943. The third kappa shape index (κ3) is 3.80. The third-order valence-corrected chi connectivity index (χ3v) is 5.92. The Morgan fingerprint density at radius 2 is 1.96 bits per heavy atom. The van der Waals surface area contributed by atoms with Crippen LogP contribution in [0.1, 0.15) is 19.3 Å². The van der Waals surface area contributed by atoms with Crippen molar-refractivity contribution in [1.29, 1.82) is 0 Å². The molecular formula is C17H20N4O6S. The molecule has 1 unspecified atom stereocenters. The maximum Gasteiger partial charge on any atom is 0.322 e. The number of carbonyl (C=O) groups is 1. The van der Waals surface area contributed by atoms with Gasteiger partial charge in [0.15, 0.2) is 11.5 Å². The first-order chi connectivity index (χ1) is 13.4. The summed E-state index contributed by atoms with van der Waals surface area (Å²) >= 11 is 0. The number of sulfonamides is 1. The van der Waals surface area contributed by atoms with E-state index in [2.05, 4.69) is 15.5 Å². The van der Waals surface area contributed by atoms with E-state index in [9.17, 15) is 13.2 Å². The number of amides is 1. The van der Waals surface area contributed by atoms with Crippen molar-refractivity contribution in [2.45, 2.75) is 25.3 Å². The molecule has 0 aliphatic carbocycles. The molecule has 2 aromatic rings. The third-order valence-electron chi connectivity index (χ3n) is 4.63. The smallest absolute Gasteiger partial charge is 0.322 e. The Hall–Kier alpha value is -2.66. The van der Waals surface area contributed by atoms with E-state index in [0.717, 1.165) is 19.1 Å². The average Bonchev–Trinajstić information content (AvgIpc) is 3.15. The van der Waals surface area contributed by atoms with Crippen LogP contribution in [0.4, 0.5) is 6.01 Å². The lowest BCUT2D eigenvalue weighted by molar-refractivity contribution is -0.120. The summed E-state index contributed by atoms with van der Waals surface area (Å²) in [4.78, 5) is 12.6. The van der Waals surface area contributed by atoms with Gasteiger partial charge in [0.25, 0.3) is 0 Å². The van der Waals surface area contributed by atoms with E-state index in [1.54, 1.807) is 18.2 Å². The Balaban J connectivity index is 1.49. The topological polar surface area (TPSA) is 124 Å². The first-order valence-corrected chi connectivity index (χ1v) is 10.8. The van der Waals surface area contributed by atoms with Crippen molar-refractivity contribution in [2.75, 3.05) is 31.3 Å². The number of ether oxygens (including phenoxy) is 2. The molecule has 150 valence electrons. The summed E-state index contributed by atoms with van der Waals surface area (Å²) in [6.45, 7) is 1.28. The first kappa shape index (κ1) is 18.7. The van der Waals surface area contributed by atoms with Crippen LogP contribution in [0.5, 0.6) is 11.5 Å². The quantitative estimate of drug-likeness (QED) is 0.802. The van der Waals surface area contributed by atoms with E-state index in [0.29, 0.717) is 43.2 Å². The molecule has 0 bridgehead atoms. The maximum absolute atomic E-state index is 12.6. The lowest BCUT2D eigenvalue weighted by Crippen LogP contribution is -2.49. The second kappa shape index (κ2) is 7.40. The molecule has 11 heteroatoms. The SMILES string of the molecule is CS(=O)(=O)N1CCCCC1C(=O)Nc1nnc(-c2ccc3c(c2)OCCO3)o1. The van der Waals surface area contributed by atoms with Gasteiger partial charge in [-0.15, -0.1) is 5.10 Å². The Bertz CT molecular complexity index is 989. The molecule has 1 fully saturated rings. The first-order valence-electron chi connectivity index (χ1n) is 8.93. The zero-order chi connectivity index (χ0) is 19.7. The molecule has 1 amide bonds. The number of fused-ring (bicyclic) bond motifs is 1. The Labute approximate surface area is 161 Å². The van der Waals surface area contributed by atoms with Crippen LogP contribution < -0.4 is 14.8 Å². The summed E-state index contributed by atoms with van der Waals surface area (Å²) in [6, 6.07) is 4.35. The monoisotopic (exact) mass is 408 g/mol. The molecule has 3 heterocycles. The van der Waals surface area contributed by atoms with E-state index in [1.807, 2.05) is 0 Å². The van der Waals surface area contributed by atoms with Crippen LogP contribution in [0.2, 0.25) is 0 Å². The largest absolute Gasteiger partial charge is 0.486 e. The van der Waals surface area contributed by atoms with Gasteiger partial charge in [0.1, 0.15) is 19.3 Å². The molecule has 1 aromatic heterocycles. The number of nitrogens with zero attached hydrogens (tertiary/aromatic N) is 3. The predicted molar refractivity (Wildman–Crippen MR) is 98.5 cm³/mol. The molecule has 1 N–H and O–H groups in total. The molecule has 0 radical (unpaired) electrons. The number of aromatic nitrogens is 2. The van der Waals surface area contributed by atoms with Gasteiger partial charge < -0.3 is 13.9 Å². The molecule has 1 saturated heterocycles. The molecule has 4 rings (SSSR count). The van der Waals surface area contributed by atoms with Crippen molar-refractivity contribution in [2.24, 2.45) is 0 Å². The molecule has 1 atom stereocenters. The van der Waals surface area contributed by atoms with Crippen LogP contribution in [0.15, 0.2) is 22.6 Å². The second-order valence-corrected chi connectivity index (χ2v) is 8.58. The second-order valence-electron chi connectivity index (χ2n) is 6.65. The molecule has 28 heavy (non-hydrogen) atoms. The predicted octanol–water partition coefficient (Wildman–Crippen LogP) is 1.26. The van der Waals surface area contributed by atoms with Gasteiger partial charge in [-0.3, -0.25) is 10.1 Å². The average molecular weight is 408 g/mol. The highest BCUT2D eigenvalue weighted by molar-refractivity contribution is 7.88. The number of carbonyl (C=O) groups excluding carboxylic acids is 1. The number of rotatable bonds is 4. The molecule has 2 aliphatic heterocycles. The highest BCUT2D eigenvalue weighted by atomic mass is 32.2. The number of hydrogen-bond acceptors (Lipinski definition) is 8. The summed E-state index contributed by atoms with van der Waals surface area (Å²) in [5.41, 5.74) is 0.618. The van der Waals surface area contributed by atoms with Crippen LogP contribution in [0, 0.1) is 0 Å². The van der Waals surface area contributed by atoms with Gasteiger partial charge in [-0.25, -0.2) is 8.42 Å². The lowest BCUT2D eigenvalue weighted by Gasteiger charge is -2.32.